The smallest absolute Gasteiger partial charge is 0.258 e. The van der Waals surface area contributed by atoms with Gasteiger partial charge in [0, 0.05) is 18.5 Å². The van der Waals surface area contributed by atoms with Gasteiger partial charge in [0.05, 0.1) is 0 Å². The Balaban J connectivity index is 1.91. The van der Waals surface area contributed by atoms with Gasteiger partial charge >= 0.3 is 0 Å². The van der Waals surface area contributed by atoms with E-state index in [4.69, 9.17) is 4.52 Å². The predicted molar refractivity (Wildman–Crippen MR) is 73.8 cm³/mol. The van der Waals surface area contributed by atoms with E-state index >= 15 is 0 Å². The van der Waals surface area contributed by atoms with Gasteiger partial charge in [0.25, 0.3) is 5.89 Å². The summed E-state index contributed by atoms with van der Waals surface area (Å²) in [5.41, 5.74) is 3.80. The molecule has 4 heteroatoms. The van der Waals surface area contributed by atoms with E-state index in [-0.39, 0.29) is 0 Å². The number of benzene rings is 1. The second kappa shape index (κ2) is 5.53. The van der Waals surface area contributed by atoms with Crippen molar-refractivity contribution in [3.05, 3.63) is 35.2 Å². The van der Waals surface area contributed by atoms with Crippen LogP contribution in [0.3, 0.4) is 0 Å². The number of hydrogen-bond donors (Lipinski definition) is 1. The summed E-state index contributed by atoms with van der Waals surface area (Å²) >= 11 is 0. The summed E-state index contributed by atoms with van der Waals surface area (Å²) in [6.45, 7) is 4.11. The van der Waals surface area contributed by atoms with Crippen molar-refractivity contribution in [3.8, 4) is 11.5 Å². The lowest BCUT2D eigenvalue weighted by molar-refractivity contribution is 0.421. The van der Waals surface area contributed by atoms with Crippen molar-refractivity contribution < 1.29 is 4.52 Å². The van der Waals surface area contributed by atoms with Crippen LogP contribution >= 0.6 is 0 Å². The van der Waals surface area contributed by atoms with E-state index in [0.717, 1.165) is 50.2 Å². The molecule has 1 aromatic carbocycles. The SMILES string of the molecule is CCCCc1noc(-c2cccc3c2CCNC3)n1. The first kappa shape index (κ1) is 12.4. The maximum absolute atomic E-state index is 5.43. The maximum Gasteiger partial charge on any atom is 0.258 e. The summed E-state index contributed by atoms with van der Waals surface area (Å²) in [6, 6.07) is 6.32. The van der Waals surface area contributed by atoms with Gasteiger partial charge in [0.1, 0.15) is 0 Å². The summed E-state index contributed by atoms with van der Waals surface area (Å²) < 4.78 is 5.43. The average Bonchev–Trinajstić information content (AvgIpc) is 2.93. The second-order valence-corrected chi connectivity index (χ2v) is 4.99. The molecule has 4 nitrogen and oxygen atoms in total. The fraction of sp³-hybridized carbons (Fsp3) is 0.467. The fourth-order valence-corrected chi connectivity index (χ4v) is 2.53. The summed E-state index contributed by atoms with van der Waals surface area (Å²) in [6.07, 6.45) is 4.18. The van der Waals surface area contributed by atoms with Crippen LogP contribution < -0.4 is 5.32 Å². The van der Waals surface area contributed by atoms with E-state index in [0.29, 0.717) is 5.89 Å². The molecule has 1 aliphatic heterocycles. The zero-order chi connectivity index (χ0) is 13.1. The number of nitrogens with one attached hydrogen (secondary N) is 1. The maximum atomic E-state index is 5.43. The lowest BCUT2D eigenvalue weighted by Crippen LogP contribution is -2.24. The predicted octanol–water partition coefficient (Wildman–Crippen LogP) is 2.72. The second-order valence-electron chi connectivity index (χ2n) is 4.99. The van der Waals surface area contributed by atoms with Gasteiger partial charge in [-0.15, -0.1) is 0 Å². The van der Waals surface area contributed by atoms with Crippen LogP contribution in [-0.4, -0.2) is 16.7 Å². The van der Waals surface area contributed by atoms with Crippen molar-refractivity contribution in [3.63, 3.8) is 0 Å². The summed E-state index contributed by atoms with van der Waals surface area (Å²) in [4.78, 5) is 4.53. The molecule has 1 N–H and O–H groups in total. The van der Waals surface area contributed by atoms with Crippen LogP contribution in [0.5, 0.6) is 0 Å². The molecule has 100 valence electrons. The Morgan fingerprint density at radius 1 is 1.37 bits per heavy atom. The molecule has 0 radical (unpaired) electrons. The molecule has 0 unspecified atom stereocenters. The molecule has 1 aromatic heterocycles. The zero-order valence-electron chi connectivity index (χ0n) is 11.3. The van der Waals surface area contributed by atoms with Gasteiger partial charge in [-0.05, 0) is 36.6 Å². The molecule has 0 fully saturated rings. The van der Waals surface area contributed by atoms with Crippen molar-refractivity contribution in [2.24, 2.45) is 0 Å². The molecular formula is C15H19N3O. The van der Waals surface area contributed by atoms with E-state index in [9.17, 15) is 0 Å². The largest absolute Gasteiger partial charge is 0.334 e. The number of rotatable bonds is 4. The van der Waals surface area contributed by atoms with Gasteiger partial charge in [-0.2, -0.15) is 4.98 Å². The van der Waals surface area contributed by atoms with Crippen LogP contribution in [0.4, 0.5) is 0 Å². The zero-order valence-corrected chi connectivity index (χ0v) is 11.3. The highest BCUT2D eigenvalue weighted by atomic mass is 16.5. The molecule has 19 heavy (non-hydrogen) atoms. The van der Waals surface area contributed by atoms with Crippen molar-refractivity contribution >= 4 is 0 Å². The standard InChI is InChI=1S/C15H19N3O/c1-2-3-7-14-17-15(19-18-14)13-6-4-5-11-10-16-9-8-12(11)13/h4-6,16H,2-3,7-10H2,1H3. The number of aromatic nitrogens is 2. The van der Waals surface area contributed by atoms with Gasteiger partial charge in [0.15, 0.2) is 5.82 Å². The molecule has 0 bridgehead atoms. The highest BCUT2D eigenvalue weighted by Gasteiger charge is 2.17. The van der Waals surface area contributed by atoms with Crippen molar-refractivity contribution in [1.82, 2.24) is 15.5 Å². The van der Waals surface area contributed by atoms with Gasteiger partial charge in [-0.25, -0.2) is 0 Å². The number of nitrogens with zero attached hydrogens (tertiary/aromatic N) is 2. The Morgan fingerprint density at radius 2 is 2.32 bits per heavy atom. The van der Waals surface area contributed by atoms with Crippen LogP contribution in [0.25, 0.3) is 11.5 Å². The first-order valence-corrected chi connectivity index (χ1v) is 7.03. The van der Waals surface area contributed by atoms with Crippen LogP contribution in [0.1, 0.15) is 36.7 Å². The first-order chi connectivity index (χ1) is 9.38. The molecule has 0 aliphatic carbocycles. The lowest BCUT2D eigenvalue weighted by atomic mass is 9.95. The first-order valence-electron chi connectivity index (χ1n) is 7.03. The molecule has 0 amide bonds. The summed E-state index contributed by atoms with van der Waals surface area (Å²) in [5.74, 6) is 1.49. The highest BCUT2D eigenvalue weighted by Crippen LogP contribution is 2.27. The Labute approximate surface area is 113 Å². The third-order valence-corrected chi connectivity index (χ3v) is 3.59. The van der Waals surface area contributed by atoms with E-state index in [2.05, 4.69) is 40.6 Å². The van der Waals surface area contributed by atoms with E-state index in [1.165, 1.54) is 11.1 Å². The molecule has 0 spiro atoms. The monoisotopic (exact) mass is 257 g/mol. The Bertz CT molecular complexity index is 562. The summed E-state index contributed by atoms with van der Waals surface area (Å²) in [7, 11) is 0. The normalized spacial score (nSPS) is 14.4. The number of hydrogen-bond acceptors (Lipinski definition) is 4. The molecule has 0 atom stereocenters. The molecule has 0 saturated carbocycles. The van der Waals surface area contributed by atoms with Crippen molar-refractivity contribution in [1.29, 1.82) is 0 Å². The van der Waals surface area contributed by atoms with Crippen LogP contribution in [0.15, 0.2) is 22.7 Å². The molecule has 2 heterocycles. The molecule has 2 aromatic rings. The van der Waals surface area contributed by atoms with Crippen molar-refractivity contribution in [2.45, 2.75) is 39.2 Å². The minimum Gasteiger partial charge on any atom is -0.334 e. The molecular weight excluding hydrogens is 238 g/mol. The molecule has 1 aliphatic rings. The van der Waals surface area contributed by atoms with Crippen LogP contribution in [-0.2, 0) is 19.4 Å². The lowest BCUT2D eigenvalue weighted by Gasteiger charge is -2.18. The highest BCUT2D eigenvalue weighted by molar-refractivity contribution is 5.61. The fourth-order valence-electron chi connectivity index (χ4n) is 2.53. The van der Waals surface area contributed by atoms with Gasteiger partial charge < -0.3 is 9.84 Å². The van der Waals surface area contributed by atoms with Gasteiger partial charge in [0.2, 0.25) is 0 Å². The van der Waals surface area contributed by atoms with Gasteiger partial charge in [-0.3, -0.25) is 0 Å². The number of fused-ring (bicyclic) bond motifs is 1. The Morgan fingerprint density at radius 3 is 3.21 bits per heavy atom. The van der Waals surface area contributed by atoms with Gasteiger partial charge in [-0.1, -0.05) is 30.6 Å². The average molecular weight is 257 g/mol. The third kappa shape index (κ3) is 2.54. The van der Waals surface area contributed by atoms with Crippen LogP contribution in [0.2, 0.25) is 0 Å². The van der Waals surface area contributed by atoms with Crippen LogP contribution in [0, 0.1) is 0 Å². The Kier molecular flexibility index (Phi) is 3.60. The van der Waals surface area contributed by atoms with E-state index < -0.39 is 0 Å². The van der Waals surface area contributed by atoms with E-state index in [1.54, 1.807) is 0 Å². The third-order valence-electron chi connectivity index (χ3n) is 3.59. The minimum absolute atomic E-state index is 0.671. The molecule has 0 saturated heterocycles. The minimum atomic E-state index is 0.671. The van der Waals surface area contributed by atoms with Crippen molar-refractivity contribution in [2.75, 3.05) is 6.54 Å². The molecule has 3 rings (SSSR count). The quantitative estimate of drug-likeness (QED) is 0.915. The topological polar surface area (TPSA) is 51.0 Å². The summed E-state index contributed by atoms with van der Waals surface area (Å²) in [5, 5.41) is 7.46. The number of unbranched alkanes of at least 4 members (excludes halogenated alkanes) is 1. The van der Waals surface area contributed by atoms with E-state index in [1.807, 2.05) is 0 Å². The Hall–Kier alpha value is -1.68. The number of aryl methyl sites for hydroxylation is 1.